The summed E-state index contributed by atoms with van der Waals surface area (Å²) in [4.78, 5) is 12.7. The molecule has 1 heterocycles. The fourth-order valence-electron chi connectivity index (χ4n) is 4.64. The fraction of sp³-hybridized carbons (Fsp3) is 0.176. The van der Waals surface area contributed by atoms with Crippen molar-refractivity contribution in [2.45, 2.75) is 32.5 Å². The molecule has 5 rings (SSSR count). The Labute approximate surface area is 258 Å². The largest absolute Gasteiger partial charge is 0.490 e. The highest BCUT2D eigenvalue weighted by Gasteiger charge is 2.32. The summed E-state index contributed by atoms with van der Waals surface area (Å²) >= 11 is 5.99. The van der Waals surface area contributed by atoms with Crippen molar-refractivity contribution >= 4 is 17.6 Å². The number of carbonyl (C=O) groups is 1. The first kappa shape index (κ1) is 30.3. The molecule has 0 saturated carbocycles. The molecule has 1 aliphatic heterocycles. The van der Waals surface area contributed by atoms with E-state index >= 15 is 0 Å². The Kier molecular flexibility index (Phi) is 9.22. The normalized spacial score (nSPS) is 14.5. The molecule has 1 aliphatic rings. The fourth-order valence-corrected chi connectivity index (χ4v) is 4.77. The number of hydrogen-bond donors (Lipinski definition) is 1. The van der Waals surface area contributed by atoms with Crippen LogP contribution >= 0.6 is 11.6 Å². The number of nitriles is 1. The van der Waals surface area contributed by atoms with Crippen LogP contribution in [0.15, 0.2) is 96.4 Å². The monoisotopic (exact) mass is 614 g/mol. The number of nitrogens with zero attached hydrogens (tertiary/aromatic N) is 1. The number of rotatable bonds is 10. The van der Waals surface area contributed by atoms with Crippen LogP contribution in [0.1, 0.15) is 36.5 Å². The minimum Gasteiger partial charge on any atom is -0.490 e. The third kappa shape index (κ3) is 6.88. The van der Waals surface area contributed by atoms with Crippen molar-refractivity contribution in [2.75, 3.05) is 6.61 Å². The van der Waals surface area contributed by atoms with Gasteiger partial charge in [-0.1, -0.05) is 35.9 Å². The van der Waals surface area contributed by atoms with Crippen molar-refractivity contribution in [3.8, 4) is 34.8 Å². The number of carbonyl (C=O) groups excluding carboxylic acids is 1. The van der Waals surface area contributed by atoms with Gasteiger partial charge in [0.05, 0.1) is 12.5 Å². The SMILES string of the molecule is CCOc1cc(C2C(C#N)=C(N)Oc3cc(OC(=O)C(C)Oc4ccc(F)cc4)ccc32)ccc1OCc1ccc(Cl)cc1. The predicted octanol–water partition coefficient (Wildman–Crippen LogP) is 7.05. The van der Waals surface area contributed by atoms with Crippen molar-refractivity contribution in [1.29, 1.82) is 5.26 Å². The van der Waals surface area contributed by atoms with E-state index in [1.807, 2.05) is 31.2 Å². The number of halogens is 2. The molecule has 0 amide bonds. The molecule has 8 nitrogen and oxygen atoms in total. The molecule has 0 fully saturated rings. The molecule has 0 radical (unpaired) electrons. The van der Waals surface area contributed by atoms with Gasteiger partial charge in [0.25, 0.3) is 0 Å². The van der Waals surface area contributed by atoms with E-state index in [4.69, 9.17) is 41.0 Å². The second kappa shape index (κ2) is 13.4. The number of benzene rings is 4. The van der Waals surface area contributed by atoms with Crippen LogP contribution in [0.2, 0.25) is 5.02 Å². The molecule has 0 aromatic heterocycles. The molecule has 2 N–H and O–H groups in total. The van der Waals surface area contributed by atoms with E-state index in [1.165, 1.54) is 37.3 Å². The van der Waals surface area contributed by atoms with E-state index in [0.29, 0.717) is 46.8 Å². The summed E-state index contributed by atoms with van der Waals surface area (Å²) in [6.45, 7) is 4.09. The molecule has 0 bridgehead atoms. The van der Waals surface area contributed by atoms with Crippen LogP contribution in [0.3, 0.4) is 0 Å². The van der Waals surface area contributed by atoms with Crippen LogP contribution in [0.4, 0.5) is 4.39 Å². The lowest BCUT2D eigenvalue weighted by Gasteiger charge is -2.27. The van der Waals surface area contributed by atoms with Crippen molar-refractivity contribution < 1.29 is 32.9 Å². The predicted molar refractivity (Wildman–Crippen MR) is 161 cm³/mol. The molecule has 224 valence electrons. The lowest BCUT2D eigenvalue weighted by Crippen LogP contribution is -2.28. The summed E-state index contributed by atoms with van der Waals surface area (Å²) < 4.78 is 42.0. The molecule has 0 saturated heterocycles. The van der Waals surface area contributed by atoms with Gasteiger partial charge in [-0.25, -0.2) is 9.18 Å². The van der Waals surface area contributed by atoms with Crippen LogP contribution in [-0.4, -0.2) is 18.7 Å². The quantitative estimate of drug-likeness (QED) is 0.149. The van der Waals surface area contributed by atoms with Gasteiger partial charge in [0.15, 0.2) is 17.6 Å². The first-order chi connectivity index (χ1) is 21.2. The minimum absolute atomic E-state index is 0.0671. The molecule has 44 heavy (non-hydrogen) atoms. The van der Waals surface area contributed by atoms with Gasteiger partial charge in [-0.05, 0) is 79.6 Å². The van der Waals surface area contributed by atoms with Gasteiger partial charge in [0.2, 0.25) is 5.88 Å². The molecule has 4 aromatic carbocycles. The van der Waals surface area contributed by atoms with Gasteiger partial charge in [0.1, 0.15) is 41.3 Å². The van der Waals surface area contributed by atoms with Crippen LogP contribution < -0.4 is 29.4 Å². The topological polar surface area (TPSA) is 113 Å². The summed E-state index contributed by atoms with van der Waals surface area (Å²) in [5.74, 6) is 0.138. The summed E-state index contributed by atoms with van der Waals surface area (Å²) in [5.41, 5.74) is 8.72. The average Bonchev–Trinajstić information content (AvgIpc) is 3.01. The van der Waals surface area contributed by atoms with E-state index in [9.17, 15) is 14.4 Å². The maximum Gasteiger partial charge on any atom is 0.352 e. The number of hydrogen-bond acceptors (Lipinski definition) is 8. The van der Waals surface area contributed by atoms with Gasteiger partial charge < -0.3 is 29.4 Å². The molecule has 10 heteroatoms. The van der Waals surface area contributed by atoms with Crippen LogP contribution in [-0.2, 0) is 11.4 Å². The Morgan fingerprint density at radius 2 is 1.73 bits per heavy atom. The highest BCUT2D eigenvalue weighted by atomic mass is 35.5. The van der Waals surface area contributed by atoms with Crippen LogP contribution in [0.25, 0.3) is 0 Å². The van der Waals surface area contributed by atoms with Gasteiger partial charge in [-0.2, -0.15) is 5.26 Å². The van der Waals surface area contributed by atoms with Crippen molar-refractivity contribution in [3.05, 3.63) is 124 Å². The van der Waals surface area contributed by atoms with Gasteiger partial charge in [0, 0.05) is 16.7 Å². The molecular formula is C34H28ClFN2O6. The van der Waals surface area contributed by atoms with E-state index in [1.54, 1.807) is 30.3 Å². The zero-order valence-electron chi connectivity index (χ0n) is 23.9. The Hall–Kier alpha value is -5.20. The summed E-state index contributed by atoms with van der Waals surface area (Å²) in [6, 6.07) is 25.1. The standard InChI is InChI=1S/C34H28ClFN2O6/c1-3-40-31-16-22(6-15-29(31)41-19-21-4-7-23(35)8-5-21)32-27-14-13-26(17-30(27)44-33(38)28(32)18-37)43-34(39)20(2)42-25-11-9-24(36)10-12-25/h4-17,20,32H,3,19,38H2,1-2H3. The Bertz CT molecular complexity index is 1730. The Morgan fingerprint density at radius 1 is 1.00 bits per heavy atom. The lowest BCUT2D eigenvalue weighted by molar-refractivity contribution is -0.141. The molecule has 2 atom stereocenters. The van der Waals surface area contributed by atoms with Gasteiger partial charge in [-0.3, -0.25) is 0 Å². The molecule has 0 spiro atoms. The molecule has 0 aliphatic carbocycles. The van der Waals surface area contributed by atoms with Crippen LogP contribution in [0.5, 0.6) is 28.7 Å². The summed E-state index contributed by atoms with van der Waals surface area (Å²) in [7, 11) is 0. The Morgan fingerprint density at radius 3 is 2.43 bits per heavy atom. The first-order valence-corrected chi connectivity index (χ1v) is 14.1. The van der Waals surface area contributed by atoms with Crippen molar-refractivity contribution in [1.82, 2.24) is 0 Å². The summed E-state index contributed by atoms with van der Waals surface area (Å²) in [6.07, 6.45) is -0.974. The molecular weight excluding hydrogens is 587 g/mol. The first-order valence-electron chi connectivity index (χ1n) is 13.7. The van der Waals surface area contributed by atoms with E-state index in [0.717, 1.165) is 11.1 Å². The number of ether oxygens (including phenoxy) is 5. The van der Waals surface area contributed by atoms with Gasteiger partial charge in [-0.15, -0.1) is 0 Å². The van der Waals surface area contributed by atoms with Crippen LogP contribution in [0, 0.1) is 17.1 Å². The van der Waals surface area contributed by atoms with Crippen molar-refractivity contribution in [3.63, 3.8) is 0 Å². The number of allylic oxidation sites excluding steroid dienone is 1. The van der Waals surface area contributed by atoms with Gasteiger partial charge >= 0.3 is 5.97 Å². The number of nitrogens with two attached hydrogens (primary N) is 1. The summed E-state index contributed by atoms with van der Waals surface area (Å²) in [5, 5.41) is 10.6. The highest BCUT2D eigenvalue weighted by Crippen LogP contribution is 2.45. The zero-order chi connectivity index (χ0) is 31.2. The highest BCUT2D eigenvalue weighted by molar-refractivity contribution is 6.30. The Balaban J connectivity index is 1.38. The minimum atomic E-state index is -0.974. The lowest BCUT2D eigenvalue weighted by atomic mass is 9.83. The molecule has 4 aromatic rings. The maximum atomic E-state index is 13.2. The number of fused-ring (bicyclic) bond motifs is 1. The zero-order valence-corrected chi connectivity index (χ0v) is 24.6. The van der Waals surface area contributed by atoms with Crippen molar-refractivity contribution in [2.24, 2.45) is 5.73 Å². The third-order valence-corrected chi connectivity index (χ3v) is 7.03. The smallest absolute Gasteiger partial charge is 0.352 e. The second-order valence-corrected chi connectivity index (χ2v) is 10.3. The van der Waals surface area contributed by atoms with E-state index in [2.05, 4.69) is 6.07 Å². The second-order valence-electron chi connectivity index (χ2n) is 9.81. The third-order valence-electron chi connectivity index (χ3n) is 6.78. The molecule has 2 unspecified atom stereocenters. The average molecular weight is 615 g/mol. The number of esters is 1. The maximum absolute atomic E-state index is 13.2. The van der Waals surface area contributed by atoms with E-state index in [-0.39, 0.29) is 17.2 Å². The van der Waals surface area contributed by atoms with E-state index < -0.39 is 23.8 Å².